The highest BCUT2D eigenvalue weighted by molar-refractivity contribution is 7.90. The summed E-state index contributed by atoms with van der Waals surface area (Å²) in [5.74, 6) is -0.737. The molecule has 142 valence electrons. The van der Waals surface area contributed by atoms with E-state index in [0.29, 0.717) is 24.2 Å². The Hall–Kier alpha value is -2.65. The molecule has 0 spiro atoms. The first-order valence-electron chi connectivity index (χ1n) is 7.91. The number of benzene rings is 2. The van der Waals surface area contributed by atoms with Gasteiger partial charge in [0.25, 0.3) is 15.7 Å². The van der Waals surface area contributed by atoms with Crippen molar-refractivity contribution in [1.29, 1.82) is 0 Å². The number of hydrogen-bond acceptors (Lipinski definition) is 6. The number of nitrogens with zero attached hydrogens (tertiary/aromatic N) is 1. The number of carbonyl (C=O) groups excluding carboxylic acids is 1. The topological polar surface area (TPSA) is 116 Å². The van der Waals surface area contributed by atoms with Gasteiger partial charge in [-0.05, 0) is 36.1 Å². The molecule has 27 heavy (non-hydrogen) atoms. The van der Waals surface area contributed by atoms with Gasteiger partial charge < -0.3 is 4.74 Å². The van der Waals surface area contributed by atoms with Gasteiger partial charge in [0, 0.05) is 12.1 Å². The van der Waals surface area contributed by atoms with Crippen LogP contribution in [0.1, 0.15) is 23.5 Å². The molecule has 3 rings (SSSR count). The number of ether oxygens (including phenoxy) is 1. The standard InChI is InChI=1S/C17H15ClN2O6S/c1-26-15-4-2-3-11-12(15)6-7-13(11)17(21)19-27(24,25)16-9-10(20(22)23)5-8-14(16)18/h2-5,8-9,13H,6-7H2,1H3,(H,19,21). The van der Waals surface area contributed by atoms with Crippen LogP contribution in [-0.2, 0) is 21.2 Å². The molecule has 0 bridgehead atoms. The van der Waals surface area contributed by atoms with Crippen molar-refractivity contribution in [3.63, 3.8) is 0 Å². The Balaban J connectivity index is 1.90. The van der Waals surface area contributed by atoms with Gasteiger partial charge in [-0.15, -0.1) is 0 Å². The number of amides is 1. The summed E-state index contributed by atoms with van der Waals surface area (Å²) in [6.07, 6.45) is 1.01. The van der Waals surface area contributed by atoms with Crippen molar-refractivity contribution in [3.8, 4) is 5.75 Å². The fraction of sp³-hybridized carbons (Fsp3) is 0.235. The van der Waals surface area contributed by atoms with Crippen LogP contribution < -0.4 is 9.46 Å². The molecule has 0 saturated heterocycles. The van der Waals surface area contributed by atoms with Crippen molar-refractivity contribution in [2.45, 2.75) is 23.7 Å². The maximum Gasteiger partial charge on any atom is 0.270 e. The minimum atomic E-state index is -4.37. The van der Waals surface area contributed by atoms with E-state index in [9.17, 15) is 23.3 Å². The first kappa shape index (κ1) is 19.1. The maximum atomic E-state index is 12.6. The van der Waals surface area contributed by atoms with E-state index < -0.39 is 37.4 Å². The lowest BCUT2D eigenvalue weighted by Crippen LogP contribution is -2.34. The van der Waals surface area contributed by atoms with Crippen LogP contribution in [-0.4, -0.2) is 26.4 Å². The van der Waals surface area contributed by atoms with Crippen LogP contribution in [0.5, 0.6) is 5.75 Å². The predicted molar refractivity (Wildman–Crippen MR) is 97.5 cm³/mol. The van der Waals surface area contributed by atoms with Crippen molar-refractivity contribution in [2.75, 3.05) is 7.11 Å². The normalized spacial score (nSPS) is 15.9. The molecule has 0 aliphatic heterocycles. The smallest absolute Gasteiger partial charge is 0.270 e. The molecular weight excluding hydrogens is 396 g/mol. The van der Waals surface area contributed by atoms with Gasteiger partial charge in [0.2, 0.25) is 5.91 Å². The van der Waals surface area contributed by atoms with Crippen molar-refractivity contribution in [3.05, 3.63) is 62.7 Å². The lowest BCUT2D eigenvalue weighted by Gasteiger charge is -2.14. The molecule has 0 heterocycles. The van der Waals surface area contributed by atoms with Crippen LogP contribution in [0, 0.1) is 10.1 Å². The van der Waals surface area contributed by atoms with Gasteiger partial charge in [0.05, 0.1) is 23.0 Å². The Kier molecular flexibility index (Phi) is 5.07. The van der Waals surface area contributed by atoms with Crippen LogP contribution in [0.2, 0.25) is 5.02 Å². The number of nitro benzene ring substituents is 1. The van der Waals surface area contributed by atoms with E-state index in [-0.39, 0.29) is 5.02 Å². The van der Waals surface area contributed by atoms with Crippen molar-refractivity contribution < 1.29 is 22.9 Å². The minimum Gasteiger partial charge on any atom is -0.496 e. The summed E-state index contributed by atoms with van der Waals surface area (Å²) < 4.78 is 32.4. The zero-order valence-corrected chi connectivity index (χ0v) is 15.7. The van der Waals surface area contributed by atoms with Gasteiger partial charge in [-0.2, -0.15) is 0 Å². The van der Waals surface area contributed by atoms with Crippen LogP contribution >= 0.6 is 11.6 Å². The fourth-order valence-electron chi connectivity index (χ4n) is 3.15. The number of nitrogens with one attached hydrogen (secondary N) is 1. The molecule has 1 aliphatic rings. The van der Waals surface area contributed by atoms with Gasteiger partial charge in [0.15, 0.2) is 0 Å². The number of methoxy groups -OCH3 is 1. The van der Waals surface area contributed by atoms with Gasteiger partial charge in [-0.3, -0.25) is 14.9 Å². The Morgan fingerprint density at radius 3 is 2.74 bits per heavy atom. The molecule has 2 aromatic carbocycles. The van der Waals surface area contributed by atoms with Crippen molar-refractivity contribution in [2.24, 2.45) is 0 Å². The molecule has 8 nitrogen and oxygen atoms in total. The van der Waals surface area contributed by atoms with Crippen molar-refractivity contribution >= 4 is 33.2 Å². The number of hydrogen-bond donors (Lipinski definition) is 1. The Morgan fingerprint density at radius 1 is 1.33 bits per heavy atom. The van der Waals surface area contributed by atoms with Crippen LogP contribution in [0.3, 0.4) is 0 Å². The number of sulfonamides is 1. The third-order valence-corrected chi connectivity index (χ3v) is 6.24. The molecular formula is C17H15ClN2O6S. The molecule has 0 saturated carbocycles. The molecule has 2 aromatic rings. The second kappa shape index (κ2) is 7.16. The van der Waals surface area contributed by atoms with E-state index in [0.717, 1.165) is 23.8 Å². The molecule has 10 heteroatoms. The second-order valence-electron chi connectivity index (χ2n) is 5.96. The zero-order chi connectivity index (χ0) is 19.8. The lowest BCUT2D eigenvalue weighted by molar-refractivity contribution is -0.385. The first-order valence-corrected chi connectivity index (χ1v) is 9.77. The molecule has 1 aliphatic carbocycles. The fourth-order valence-corrected chi connectivity index (χ4v) is 4.69. The quantitative estimate of drug-likeness (QED) is 0.598. The summed E-state index contributed by atoms with van der Waals surface area (Å²) >= 11 is 5.88. The third-order valence-electron chi connectivity index (χ3n) is 4.41. The maximum absolute atomic E-state index is 12.6. The number of nitro groups is 1. The predicted octanol–water partition coefficient (Wildman–Crippen LogP) is 2.79. The number of rotatable bonds is 5. The molecule has 1 unspecified atom stereocenters. The number of fused-ring (bicyclic) bond motifs is 1. The van der Waals surface area contributed by atoms with E-state index in [2.05, 4.69) is 0 Å². The summed E-state index contributed by atoms with van der Waals surface area (Å²) in [7, 11) is -2.84. The van der Waals surface area contributed by atoms with E-state index in [1.807, 2.05) is 4.72 Å². The molecule has 0 fully saturated rings. The first-order chi connectivity index (χ1) is 12.7. The van der Waals surface area contributed by atoms with Gasteiger partial charge >= 0.3 is 0 Å². The third kappa shape index (κ3) is 3.60. The second-order valence-corrected chi connectivity index (χ2v) is 8.02. The summed E-state index contributed by atoms with van der Waals surface area (Å²) in [4.78, 5) is 22.3. The summed E-state index contributed by atoms with van der Waals surface area (Å²) in [6.45, 7) is 0. The van der Waals surface area contributed by atoms with E-state index in [1.54, 1.807) is 18.2 Å². The SMILES string of the molecule is COc1cccc2c1CCC2C(=O)NS(=O)(=O)c1cc([N+](=O)[O-])ccc1Cl. The Bertz CT molecular complexity index is 1040. The van der Waals surface area contributed by atoms with Crippen molar-refractivity contribution in [1.82, 2.24) is 4.72 Å². The van der Waals surface area contributed by atoms with E-state index >= 15 is 0 Å². The van der Waals surface area contributed by atoms with Crippen LogP contribution in [0.4, 0.5) is 5.69 Å². The van der Waals surface area contributed by atoms with E-state index in [1.165, 1.54) is 7.11 Å². The summed E-state index contributed by atoms with van der Waals surface area (Å²) in [6, 6.07) is 8.27. The molecule has 0 aromatic heterocycles. The average Bonchev–Trinajstić information content (AvgIpc) is 3.05. The zero-order valence-electron chi connectivity index (χ0n) is 14.1. The molecule has 0 radical (unpaired) electrons. The van der Waals surface area contributed by atoms with Gasteiger partial charge in [-0.1, -0.05) is 23.7 Å². The summed E-state index contributed by atoms with van der Waals surface area (Å²) in [5.41, 5.74) is 1.13. The number of carbonyl (C=O) groups is 1. The van der Waals surface area contributed by atoms with Gasteiger partial charge in [0.1, 0.15) is 10.6 Å². The highest BCUT2D eigenvalue weighted by Crippen LogP contribution is 2.38. The molecule has 1 atom stereocenters. The van der Waals surface area contributed by atoms with E-state index in [4.69, 9.17) is 16.3 Å². The minimum absolute atomic E-state index is 0.214. The molecule has 1 N–H and O–H groups in total. The Morgan fingerprint density at radius 2 is 2.07 bits per heavy atom. The largest absolute Gasteiger partial charge is 0.496 e. The van der Waals surface area contributed by atoms with Crippen LogP contribution in [0.15, 0.2) is 41.3 Å². The monoisotopic (exact) mass is 410 g/mol. The highest BCUT2D eigenvalue weighted by atomic mass is 35.5. The Labute approximate surface area is 160 Å². The average molecular weight is 411 g/mol. The van der Waals surface area contributed by atoms with Gasteiger partial charge in [-0.25, -0.2) is 13.1 Å². The number of non-ortho nitro benzene ring substituents is 1. The lowest BCUT2D eigenvalue weighted by atomic mass is 10.0. The number of halogens is 1. The highest BCUT2D eigenvalue weighted by Gasteiger charge is 2.33. The summed E-state index contributed by atoms with van der Waals surface area (Å²) in [5, 5.41) is 10.7. The molecule has 1 amide bonds. The van der Waals surface area contributed by atoms with Crippen LogP contribution in [0.25, 0.3) is 0 Å².